The molecule has 28 heavy (non-hydrogen) atoms. The SMILES string of the molecule is CCn1c(CCC(N)=O)nnc1S[C@@H](C)C(=O)Nc1ccccc1OC(F)F. The lowest BCUT2D eigenvalue weighted by molar-refractivity contribution is -0.118. The van der Waals surface area contributed by atoms with Gasteiger partial charge in [-0.1, -0.05) is 23.9 Å². The zero-order valence-corrected chi connectivity index (χ0v) is 16.2. The fraction of sp³-hybridized carbons (Fsp3) is 0.412. The van der Waals surface area contributed by atoms with Crippen LogP contribution in [0.4, 0.5) is 14.5 Å². The molecule has 0 saturated heterocycles. The van der Waals surface area contributed by atoms with Crippen molar-refractivity contribution in [3.8, 4) is 5.75 Å². The average Bonchev–Trinajstić information content (AvgIpc) is 3.02. The maximum absolute atomic E-state index is 12.5. The van der Waals surface area contributed by atoms with Crippen molar-refractivity contribution in [2.45, 2.75) is 50.3 Å². The van der Waals surface area contributed by atoms with Crippen molar-refractivity contribution < 1.29 is 23.1 Å². The highest BCUT2D eigenvalue weighted by Crippen LogP contribution is 2.28. The molecule has 11 heteroatoms. The number of nitrogens with zero attached hydrogens (tertiary/aromatic N) is 3. The van der Waals surface area contributed by atoms with Gasteiger partial charge in [0.2, 0.25) is 11.8 Å². The van der Waals surface area contributed by atoms with Crippen LogP contribution in [0.25, 0.3) is 0 Å². The molecule has 1 aromatic carbocycles. The number of hydrogen-bond acceptors (Lipinski definition) is 6. The Morgan fingerprint density at radius 3 is 2.68 bits per heavy atom. The first-order chi connectivity index (χ1) is 13.3. The number of carbonyl (C=O) groups is 2. The van der Waals surface area contributed by atoms with E-state index in [4.69, 9.17) is 5.73 Å². The van der Waals surface area contributed by atoms with Crippen LogP contribution in [-0.4, -0.2) is 38.4 Å². The van der Waals surface area contributed by atoms with E-state index in [0.29, 0.717) is 23.9 Å². The molecule has 0 aliphatic rings. The van der Waals surface area contributed by atoms with Crippen molar-refractivity contribution >= 4 is 29.3 Å². The van der Waals surface area contributed by atoms with Gasteiger partial charge in [-0.15, -0.1) is 10.2 Å². The van der Waals surface area contributed by atoms with Crippen LogP contribution in [0.2, 0.25) is 0 Å². The monoisotopic (exact) mass is 413 g/mol. The van der Waals surface area contributed by atoms with E-state index in [9.17, 15) is 18.4 Å². The Morgan fingerprint density at radius 1 is 1.32 bits per heavy atom. The van der Waals surface area contributed by atoms with Crippen LogP contribution in [0.5, 0.6) is 5.75 Å². The van der Waals surface area contributed by atoms with Gasteiger partial charge in [0.1, 0.15) is 11.6 Å². The normalized spacial score (nSPS) is 12.0. The standard InChI is InChI=1S/C17H21F2N5O3S/c1-3-24-14(9-8-13(20)25)22-23-17(24)28-10(2)15(26)21-11-6-4-5-7-12(11)27-16(18)19/h4-7,10,16H,3,8-9H2,1-2H3,(H2,20,25)(H,21,26)/t10-/m0/s1. The summed E-state index contributed by atoms with van der Waals surface area (Å²) < 4.78 is 31.2. The van der Waals surface area contributed by atoms with Crippen molar-refractivity contribution in [1.29, 1.82) is 0 Å². The Labute approximate surface area is 164 Å². The number of nitrogens with two attached hydrogens (primary N) is 1. The van der Waals surface area contributed by atoms with E-state index < -0.39 is 23.7 Å². The average molecular weight is 413 g/mol. The number of carbonyl (C=O) groups excluding carboxylic acids is 2. The third kappa shape index (κ3) is 5.91. The number of rotatable bonds is 10. The van der Waals surface area contributed by atoms with Gasteiger partial charge in [0.05, 0.1) is 10.9 Å². The molecule has 2 amide bonds. The predicted octanol–water partition coefficient (Wildman–Crippen LogP) is 2.44. The first kappa shape index (κ1) is 21.6. The van der Waals surface area contributed by atoms with Crippen LogP contribution in [0.15, 0.2) is 29.4 Å². The van der Waals surface area contributed by atoms with E-state index in [-0.39, 0.29) is 17.9 Å². The van der Waals surface area contributed by atoms with Crippen LogP contribution in [0, 0.1) is 0 Å². The minimum Gasteiger partial charge on any atom is -0.433 e. The summed E-state index contributed by atoms with van der Waals surface area (Å²) in [5.41, 5.74) is 5.32. The predicted molar refractivity (Wildman–Crippen MR) is 100 cm³/mol. The number of alkyl halides is 2. The first-order valence-electron chi connectivity index (χ1n) is 8.53. The van der Waals surface area contributed by atoms with Crippen LogP contribution in [-0.2, 0) is 22.6 Å². The van der Waals surface area contributed by atoms with E-state index in [0.717, 1.165) is 0 Å². The summed E-state index contributed by atoms with van der Waals surface area (Å²) >= 11 is 1.17. The second-order valence-corrected chi connectivity index (χ2v) is 7.04. The number of thioether (sulfide) groups is 1. The van der Waals surface area contributed by atoms with Gasteiger partial charge >= 0.3 is 6.61 Å². The number of primary amides is 1. The molecule has 0 bridgehead atoms. The second-order valence-electron chi connectivity index (χ2n) is 5.73. The molecule has 0 unspecified atom stereocenters. The Kier molecular flexibility index (Phi) is 7.73. The summed E-state index contributed by atoms with van der Waals surface area (Å²) in [5.74, 6) is -0.350. The van der Waals surface area contributed by atoms with Crippen LogP contribution in [0.1, 0.15) is 26.1 Å². The van der Waals surface area contributed by atoms with Crippen molar-refractivity contribution in [3.05, 3.63) is 30.1 Å². The molecule has 8 nitrogen and oxygen atoms in total. The molecule has 0 aliphatic carbocycles. The van der Waals surface area contributed by atoms with Gasteiger partial charge < -0.3 is 20.4 Å². The third-order valence-corrected chi connectivity index (χ3v) is 4.80. The number of para-hydroxylation sites is 2. The Balaban J connectivity index is 2.06. The molecule has 152 valence electrons. The van der Waals surface area contributed by atoms with Crippen LogP contribution in [0.3, 0.4) is 0 Å². The zero-order chi connectivity index (χ0) is 20.7. The largest absolute Gasteiger partial charge is 0.433 e. The Morgan fingerprint density at radius 2 is 2.04 bits per heavy atom. The highest BCUT2D eigenvalue weighted by molar-refractivity contribution is 8.00. The highest BCUT2D eigenvalue weighted by Gasteiger charge is 2.21. The van der Waals surface area contributed by atoms with Crippen molar-refractivity contribution in [1.82, 2.24) is 14.8 Å². The van der Waals surface area contributed by atoms with Crippen molar-refractivity contribution in [2.75, 3.05) is 5.32 Å². The van der Waals surface area contributed by atoms with E-state index in [1.54, 1.807) is 17.6 Å². The number of ether oxygens (including phenoxy) is 1. The van der Waals surface area contributed by atoms with E-state index in [1.807, 2.05) is 6.92 Å². The molecule has 0 fully saturated rings. The smallest absolute Gasteiger partial charge is 0.387 e. The summed E-state index contributed by atoms with van der Waals surface area (Å²) in [6, 6.07) is 5.95. The number of amides is 2. The first-order valence-corrected chi connectivity index (χ1v) is 9.41. The number of aromatic nitrogens is 3. The quantitative estimate of drug-likeness (QED) is 0.579. The summed E-state index contributed by atoms with van der Waals surface area (Å²) in [6.07, 6.45) is 0.509. The van der Waals surface area contributed by atoms with Gasteiger partial charge in [-0.2, -0.15) is 8.78 Å². The van der Waals surface area contributed by atoms with Gasteiger partial charge in [0.15, 0.2) is 5.16 Å². The maximum atomic E-state index is 12.5. The second kappa shape index (κ2) is 10.0. The van der Waals surface area contributed by atoms with Gasteiger partial charge in [-0.25, -0.2) is 0 Å². The van der Waals surface area contributed by atoms with Crippen LogP contribution < -0.4 is 15.8 Å². The van der Waals surface area contributed by atoms with Gasteiger partial charge in [0.25, 0.3) is 0 Å². The lowest BCUT2D eigenvalue weighted by Gasteiger charge is -2.15. The fourth-order valence-electron chi connectivity index (χ4n) is 2.36. The van der Waals surface area contributed by atoms with Crippen molar-refractivity contribution in [2.24, 2.45) is 5.73 Å². The molecular formula is C17H21F2N5O3S. The molecule has 0 radical (unpaired) electrons. The number of nitrogens with one attached hydrogen (secondary N) is 1. The maximum Gasteiger partial charge on any atom is 0.387 e. The molecule has 2 aromatic rings. The number of aryl methyl sites for hydroxylation is 1. The number of hydrogen-bond donors (Lipinski definition) is 2. The van der Waals surface area contributed by atoms with Gasteiger partial charge in [-0.05, 0) is 26.0 Å². The molecule has 1 aromatic heterocycles. The molecule has 0 saturated carbocycles. The lowest BCUT2D eigenvalue weighted by atomic mass is 10.3. The van der Waals surface area contributed by atoms with Crippen LogP contribution >= 0.6 is 11.8 Å². The third-order valence-electron chi connectivity index (χ3n) is 3.72. The minimum absolute atomic E-state index is 0.117. The summed E-state index contributed by atoms with van der Waals surface area (Å²) in [6.45, 7) is 1.12. The fourth-order valence-corrected chi connectivity index (χ4v) is 3.29. The Hall–Kier alpha value is -2.69. The van der Waals surface area contributed by atoms with E-state index in [2.05, 4.69) is 20.3 Å². The molecule has 3 N–H and O–H groups in total. The number of halogens is 2. The minimum atomic E-state index is -2.99. The molecule has 2 rings (SSSR count). The lowest BCUT2D eigenvalue weighted by Crippen LogP contribution is -2.23. The summed E-state index contributed by atoms with van der Waals surface area (Å²) in [7, 11) is 0. The summed E-state index contributed by atoms with van der Waals surface area (Å²) in [5, 5.41) is 10.6. The van der Waals surface area contributed by atoms with E-state index >= 15 is 0 Å². The summed E-state index contributed by atoms with van der Waals surface area (Å²) in [4.78, 5) is 23.4. The molecule has 0 aliphatic heterocycles. The van der Waals surface area contributed by atoms with Gasteiger partial charge in [-0.3, -0.25) is 9.59 Å². The van der Waals surface area contributed by atoms with Crippen molar-refractivity contribution in [3.63, 3.8) is 0 Å². The van der Waals surface area contributed by atoms with Gasteiger partial charge in [0, 0.05) is 19.4 Å². The number of anilines is 1. The zero-order valence-electron chi connectivity index (χ0n) is 15.4. The molecule has 1 atom stereocenters. The molecule has 0 spiro atoms. The molecular weight excluding hydrogens is 392 g/mol. The number of benzene rings is 1. The highest BCUT2D eigenvalue weighted by atomic mass is 32.2. The Bertz CT molecular complexity index is 831. The van der Waals surface area contributed by atoms with E-state index in [1.165, 1.54) is 30.0 Å². The molecule has 1 heterocycles. The topological polar surface area (TPSA) is 112 Å².